The lowest BCUT2D eigenvalue weighted by atomic mass is 10.2. The molecule has 0 fully saturated rings. The first-order valence-corrected chi connectivity index (χ1v) is 10.9. The molecule has 2 heterocycles. The summed E-state index contributed by atoms with van der Waals surface area (Å²) in [7, 11) is -3.64. The standard InChI is InChI=1S/C22H19N5O3S/c1-17-2-4-18(5-3-17)12-15-31(28,29)26-19-6-8-20(9-7-19)30-22-11-10-21(24-25-22)27-14-13-23-16-27/h2-16,26H,1H3/b15-12+. The lowest BCUT2D eigenvalue weighted by molar-refractivity contribution is 0.454. The fraction of sp³-hybridized carbons (Fsp3) is 0.0455. The van der Waals surface area contributed by atoms with Crippen molar-refractivity contribution in [3.63, 3.8) is 0 Å². The maximum Gasteiger partial charge on any atom is 0.255 e. The smallest absolute Gasteiger partial charge is 0.255 e. The van der Waals surface area contributed by atoms with Gasteiger partial charge in [0.05, 0.1) is 5.41 Å². The third-order valence-corrected chi connectivity index (χ3v) is 5.26. The van der Waals surface area contributed by atoms with Crippen LogP contribution in [0, 0.1) is 6.92 Å². The zero-order valence-electron chi connectivity index (χ0n) is 16.6. The first-order valence-electron chi connectivity index (χ1n) is 9.34. The van der Waals surface area contributed by atoms with E-state index in [-0.39, 0.29) is 0 Å². The van der Waals surface area contributed by atoms with Crippen LogP contribution < -0.4 is 9.46 Å². The number of ether oxygens (including phenoxy) is 1. The van der Waals surface area contributed by atoms with Crippen LogP contribution in [-0.2, 0) is 10.0 Å². The van der Waals surface area contributed by atoms with Crippen molar-refractivity contribution in [3.8, 4) is 17.4 Å². The quantitative estimate of drug-likeness (QED) is 0.470. The Bertz CT molecular complexity index is 1270. The van der Waals surface area contributed by atoms with E-state index in [0.29, 0.717) is 23.1 Å². The van der Waals surface area contributed by atoms with E-state index in [4.69, 9.17) is 4.74 Å². The summed E-state index contributed by atoms with van der Waals surface area (Å²) in [4.78, 5) is 3.96. The van der Waals surface area contributed by atoms with Gasteiger partial charge in [0.25, 0.3) is 10.0 Å². The van der Waals surface area contributed by atoms with Crippen LogP contribution >= 0.6 is 0 Å². The fourth-order valence-corrected chi connectivity index (χ4v) is 3.52. The van der Waals surface area contributed by atoms with E-state index in [9.17, 15) is 8.42 Å². The van der Waals surface area contributed by atoms with Crippen LogP contribution in [0.25, 0.3) is 11.9 Å². The van der Waals surface area contributed by atoms with Gasteiger partial charge in [0.15, 0.2) is 5.82 Å². The molecule has 9 heteroatoms. The second kappa shape index (κ2) is 8.80. The van der Waals surface area contributed by atoms with Crippen LogP contribution in [-0.4, -0.2) is 28.2 Å². The minimum atomic E-state index is -3.64. The van der Waals surface area contributed by atoms with Crippen LogP contribution in [0.5, 0.6) is 11.6 Å². The molecule has 4 rings (SSSR count). The Labute approximate surface area is 179 Å². The van der Waals surface area contributed by atoms with Gasteiger partial charge in [-0.3, -0.25) is 9.29 Å². The monoisotopic (exact) mass is 433 g/mol. The van der Waals surface area contributed by atoms with E-state index in [0.717, 1.165) is 16.5 Å². The predicted octanol–water partition coefficient (Wildman–Crippen LogP) is 4.18. The number of nitrogens with one attached hydrogen (secondary N) is 1. The molecule has 0 aliphatic carbocycles. The van der Waals surface area contributed by atoms with Crippen LogP contribution in [0.1, 0.15) is 11.1 Å². The molecule has 0 aliphatic rings. The van der Waals surface area contributed by atoms with Crippen molar-refractivity contribution in [2.75, 3.05) is 4.72 Å². The number of aromatic nitrogens is 4. The van der Waals surface area contributed by atoms with Crippen molar-refractivity contribution < 1.29 is 13.2 Å². The summed E-state index contributed by atoms with van der Waals surface area (Å²) in [6.07, 6.45) is 6.59. The molecule has 0 spiro atoms. The number of nitrogens with zero attached hydrogens (tertiary/aromatic N) is 4. The zero-order chi connectivity index (χ0) is 21.7. The van der Waals surface area contributed by atoms with Gasteiger partial charge in [-0.25, -0.2) is 13.4 Å². The molecule has 8 nitrogen and oxygen atoms in total. The number of rotatable bonds is 7. The summed E-state index contributed by atoms with van der Waals surface area (Å²) in [6.45, 7) is 1.97. The Balaban J connectivity index is 1.38. The molecule has 2 aromatic carbocycles. The summed E-state index contributed by atoms with van der Waals surface area (Å²) in [5, 5.41) is 9.25. The summed E-state index contributed by atoms with van der Waals surface area (Å²) in [6, 6.07) is 17.5. The molecule has 0 saturated carbocycles. The Morgan fingerprint density at radius 2 is 1.74 bits per heavy atom. The third-order valence-electron chi connectivity index (χ3n) is 4.25. The first kappa shape index (κ1) is 20.3. The molecule has 0 amide bonds. The summed E-state index contributed by atoms with van der Waals surface area (Å²) in [5.74, 6) is 1.44. The number of sulfonamides is 1. The van der Waals surface area contributed by atoms with Gasteiger partial charge in [0.2, 0.25) is 5.88 Å². The highest BCUT2D eigenvalue weighted by Crippen LogP contribution is 2.22. The molecule has 0 bridgehead atoms. The normalized spacial score (nSPS) is 11.5. The molecule has 0 saturated heterocycles. The van der Waals surface area contributed by atoms with E-state index >= 15 is 0 Å². The summed E-state index contributed by atoms with van der Waals surface area (Å²) >= 11 is 0. The largest absolute Gasteiger partial charge is 0.438 e. The average Bonchev–Trinajstić information content (AvgIpc) is 3.30. The van der Waals surface area contributed by atoms with Gasteiger partial charge in [-0.2, -0.15) is 0 Å². The molecule has 31 heavy (non-hydrogen) atoms. The van der Waals surface area contributed by atoms with Crippen LogP contribution in [0.3, 0.4) is 0 Å². The minimum absolute atomic E-state index is 0.318. The van der Waals surface area contributed by atoms with E-state index in [1.165, 1.54) is 0 Å². The molecule has 0 unspecified atom stereocenters. The zero-order valence-corrected chi connectivity index (χ0v) is 17.4. The van der Waals surface area contributed by atoms with Crippen LogP contribution in [0.4, 0.5) is 5.69 Å². The number of aryl methyl sites for hydroxylation is 1. The average molecular weight is 433 g/mol. The molecule has 4 aromatic rings. The fourth-order valence-electron chi connectivity index (χ4n) is 2.66. The third kappa shape index (κ3) is 5.55. The van der Waals surface area contributed by atoms with Gasteiger partial charge in [0, 0.05) is 24.1 Å². The lowest BCUT2D eigenvalue weighted by Gasteiger charge is -2.07. The Morgan fingerprint density at radius 1 is 0.968 bits per heavy atom. The summed E-state index contributed by atoms with van der Waals surface area (Å²) in [5.41, 5.74) is 2.34. The van der Waals surface area contributed by atoms with E-state index in [1.807, 2.05) is 31.2 Å². The van der Waals surface area contributed by atoms with Crippen molar-refractivity contribution in [1.29, 1.82) is 0 Å². The highest BCUT2D eigenvalue weighted by atomic mass is 32.2. The lowest BCUT2D eigenvalue weighted by Crippen LogP contribution is -2.08. The van der Waals surface area contributed by atoms with Gasteiger partial charge in [0.1, 0.15) is 12.1 Å². The van der Waals surface area contributed by atoms with E-state index in [2.05, 4.69) is 19.9 Å². The Morgan fingerprint density at radius 3 is 2.39 bits per heavy atom. The molecule has 1 N–H and O–H groups in total. The van der Waals surface area contributed by atoms with Gasteiger partial charge in [-0.05, 0) is 48.9 Å². The topological polar surface area (TPSA) is 99.0 Å². The molecule has 156 valence electrons. The second-order valence-electron chi connectivity index (χ2n) is 6.69. The highest BCUT2D eigenvalue weighted by Gasteiger charge is 2.07. The van der Waals surface area contributed by atoms with Crippen molar-refractivity contribution in [2.24, 2.45) is 0 Å². The maximum atomic E-state index is 12.3. The molecular weight excluding hydrogens is 414 g/mol. The Hall–Kier alpha value is -3.98. The van der Waals surface area contributed by atoms with E-state index in [1.54, 1.807) is 65.8 Å². The Kier molecular flexibility index (Phi) is 5.76. The van der Waals surface area contributed by atoms with Gasteiger partial charge >= 0.3 is 0 Å². The van der Waals surface area contributed by atoms with E-state index < -0.39 is 10.0 Å². The van der Waals surface area contributed by atoms with Crippen molar-refractivity contribution >= 4 is 21.8 Å². The minimum Gasteiger partial charge on any atom is -0.438 e. The number of imidazole rings is 1. The van der Waals surface area contributed by atoms with Crippen LogP contribution in [0.15, 0.2) is 84.8 Å². The van der Waals surface area contributed by atoms with Crippen molar-refractivity contribution in [1.82, 2.24) is 19.7 Å². The SMILES string of the molecule is Cc1ccc(/C=C/S(=O)(=O)Nc2ccc(Oc3ccc(-n4ccnc4)nn3)cc2)cc1. The summed E-state index contributed by atoms with van der Waals surface area (Å²) < 4.78 is 34.5. The van der Waals surface area contributed by atoms with Crippen molar-refractivity contribution in [3.05, 3.63) is 95.9 Å². The van der Waals surface area contributed by atoms with Crippen molar-refractivity contribution in [2.45, 2.75) is 6.92 Å². The molecule has 0 atom stereocenters. The second-order valence-corrected chi connectivity index (χ2v) is 8.25. The van der Waals surface area contributed by atoms with Gasteiger partial charge < -0.3 is 4.74 Å². The van der Waals surface area contributed by atoms with Gasteiger partial charge in [-0.1, -0.05) is 29.8 Å². The molecular formula is C22H19N5O3S. The maximum absolute atomic E-state index is 12.3. The predicted molar refractivity (Wildman–Crippen MR) is 118 cm³/mol. The molecule has 0 radical (unpaired) electrons. The van der Waals surface area contributed by atoms with Crippen LogP contribution in [0.2, 0.25) is 0 Å². The highest BCUT2D eigenvalue weighted by molar-refractivity contribution is 7.95. The molecule has 2 aromatic heterocycles. The number of benzene rings is 2. The number of hydrogen-bond donors (Lipinski definition) is 1. The number of anilines is 1. The first-order chi connectivity index (χ1) is 15.0. The molecule has 0 aliphatic heterocycles. The van der Waals surface area contributed by atoms with Gasteiger partial charge in [-0.15, -0.1) is 10.2 Å². The number of hydrogen-bond acceptors (Lipinski definition) is 6.